The van der Waals surface area contributed by atoms with Gasteiger partial charge in [0.05, 0.1) is 0 Å². The third-order valence-electron chi connectivity index (χ3n) is 5.94. The van der Waals surface area contributed by atoms with Gasteiger partial charge in [0.1, 0.15) is 0 Å². The zero-order chi connectivity index (χ0) is 15.2. The maximum absolute atomic E-state index is 12.8. The molecule has 4 aliphatic carbocycles. The van der Waals surface area contributed by atoms with Crippen LogP contribution in [0.3, 0.4) is 0 Å². The predicted octanol–water partition coefficient (Wildman–Crippen LogP) is 1.58. The SMILES string of the molecule is O=C(NCCn1cccnc1=O)C12CC3CC(CC(C3)C1)C2. The molecule has 0 aromatic carbocycles. The Hall–Kier alpha value is -1.65. The van der Waals surface area contributed by atoms with Crippen LogP contribution >= 0.6 is 0 Å². The molecule has 118 valence electrons. The number of amides is 1. The van der Waals surface area contributed by atoms with E-state index in [1.54, 1.807) is 16.8 Å². The second-order valence-corrected chi connectivity index (χ2v) is 7.55. The molecule has 1 aromatic rings. The molecule has 1 aromatic heterocycles. The van der Waals surface area contributed by atoms with Crippen molar-refractivity contribution < 1.29 is 4.79 Å². The van der Waals surface area contributed by atoms with Crippen LogP contribution in [0.5, 0.6) is 0 Å². The summed E-state index contributed by atoms with van der Waals surface area (Å²) in [5, 5.41) is 3.09. The van der Waals surface area contributed by atoms with Crippen LogP contribution in [0.15, 0.2) is 23.3 Å². The lowest BCUT2D eigenvalue weighted by atomic mass is 9.49. The largest absolute Gasteiger partial charge is 0.354 e. The Morgan fingerprint density at radius 1 is 1.23 bits per heavy atom. The van der Waals surface area contributed by atoms with Gasteiger partial charge in [-0.25, -0.2) is 9.78 Å². The van der Waals surface area contributed by atoms with Crippen molar-refractivity contribution >= 4 is 5.91 Å². The van der Waals surface area contributed by atoms with E-state index in [0.717, 1.165) is 37.0 Å². The Balaban J connectivity index is 1.38. The number of aromatic nitrogens is 2. The summed E-state index contributed by atoms with van der Waals surface area (Å²) in [5.41, 5.74) is -0.360. The fourth-order valence-corrected chi connectivity index (χ4v) is 5.42. The van der Waals surface area contributed by atoms with Gasteiger partial charge in [-0.05, 0) is 62.3 Å². The third kappa shape index (κ3) is 2.36. The van der Waals surface area contributed by atoms with Crippen LogP contribution in [-0.2, 0) is 11.3 Å². The van der Waals surface area contributed by atoms with E-state index in [1.165, 1.54) is 25.5 Å². The summed E-state index contributed by atoms with van der Waals surface area (Å²) >= 11 is 0. The highest BCUT2D eigenvalue weighted by Crippen LogP contribution is 2.60. The minimum absolute atomic E-state index is 0.103. The fraction of sp³-hybridized carbons (Fsp3) is 0.706. The van der Waals surface area contributed by atoms with Gasteiger partial charge in [-0.3, -0.25) is 9.36 Å². The number of nitrogens with one attached hydrogen (secondary N) is 1. The standard InChI is InChI=1S/C17H23N3O2/c21-15(18-3-5-20-4-1-2-19-16(20)22)17-9-12-6-13(10-17)8-14(7-12)11-17/h1-2,4,12-14H,3,5-11H2,(H,18,21). The highest BCUT2D eigenvalue weighted by Gasteiger charge is 2.54. The predicted molar refractivity (Wildman–Crippen MR) is 82.1 cm³/mol. The number of nitrogens with zero attached hydrogens (tertiary/aromatic N) is 2. The van der Waals surface area contributed by atoms with Gasteiger partial charge in [0.15, 0.2) is 0 Å². The summed E-state index contributed by atoms with van der Waals surface area (Å²) in [6, 6.07) is 1.74. The molecular formula is C17H23N3O2. The smallest absolute Gasteiger partial charge is 0.347 e. The summed E-state index contributed by atoms with van der Waals surface area (Å²) in [7, 11) is 0. The van der Waals surface area contributed by atoms with Crippen LogP contribution < -0.4 is 11.0 Å². The van der Waals surface area contributed by atoms with Crippen LogP contribution in [0, 0.1) is 23.2 Å². The number of hydrogen-bond donors (Lipinski definition) is 1. The lowest BCUT2D eigenvalue weighted by molar-refractivity contribution is -0.146. The second-order valence-electron chi connectivity index (χ2n) is 7.55. The van der Waals surface area contributed by atoms with E-state index < -0.39 is 0 Å². The molecule has 4 bridgehead atoms. The first-order valence-corrected chi connectivity index (χ1v) is 8.44. The Morgan fingerprint density at radius 3 is 2.45 bits per heavy atom. The summed E-state index contributed by atoms with van der Waals surface area (Å²) < 4.78 is 1.54. The van der Waals surface area contributed by atoms with Crippen molar-refractivity contribution in [2.24, 2.45) is 23.2 Å². The molecule has 0 spiro atoms. The molecule has 5 nitrogen and oxygen atoms in total. The van der Waals surface area contributed by atoms with E-state index >= 15 is 0 Å². The number of rotatable bonds is 4. The summed E-state index contributed by atoms with van der Waals surface area (Å²) in [6.45, 7) is 0.997. The molecule has 1 heterocycles. The van der Waals surface area contributed by atoms with Gasteiger partial charge in [-0.15, -0.1) is 0 Å². The van der Waals surface area contributed by atoms with E-state index in [-0.39, 0.29) is 17.0 Å². The molecule has 0 unspecified atom stereocenters. The first-order valence-electron chi connectivity index (χ1n) is 8.44. The van der Waals surface area contributed by atoms with E-state index in [4.69, 9.17) is 0 Å². The highest BCUT2D eigenvalue weighted by atomic mass is 16.2. The molecular weight excluding hydrogens is 278 g/mol. The molecule has 1 amide bonds. The van der Waals surface area contributed by atoms with E-state index in [9.17, 15) is 9.59 Å². The van der Waals surface area contributed by atoms with Gasteiger partial charge in [0.2, 0.25) is 5.91 Å². The quantitative estimate of drug-likeness (QED) is 0.918. The molecule has 0 saturated heterocycles. The molecule has 1 N–H and O–H groups in total. The van der Waals surface area contributed by atoms with E-state index in [0.29, 0.717) is 13.1 Å². The monoisotopic (exact) mass is 301 g/mol. The number of carbonyl (C=O) groups excluding carboxylic acids is 1. The zero-order valence-corrected chi connectivity index (χ0v) is 12.8. The Kier molecular flexibility index (Phi) is 3.31. The van der Waals surface area contributed by atoms with Crippen molar-refractivity contribution in [3.8, 4) is 0 Å². The fourth-order valence-electron chi connectivity index (χ4n) is 5.42. The normalized spacial score (nSPS) is 35.5. The van der Waals surface area contributed by atoms with E-state index in [1.807, 2.05) is 0 Å². The molecule has 5 heteroatoms. The van der Waals surface area contributed by atoms with Crippen molar-refractivity contribution in [3.05, 3.63) is 28.9 Å². The lowest BCUT2D eigenvalue weighted by Crippen LogP contribution is -2.54. The van der Waals surface area contributed by atoms with Gasteiger partial charge in [-0.1, -0.05) is 0 Å². The molecule has 0 radical (unpaired) electrons. The van der Waals surface area contributed by atoms with Crippen molar-refractivity contribution in [1.82, 2.24) is 14.9 Å². The Labute approximate surface area is 130 Å². The maximum atomic E-state index is 12.8. The van der Waals surface area contributed by atoms with Gasteiger partial charge in [-0.2, -0.15) is 0 Å². The maximum Gasteiger partial charge on any atom is 0.347 e. The molecule has 4 fully saturated rings. The van der Waals surface area contributed by atoms with Crippen LogP contribution in [0.4, 0.5) is 0 Å². The van der Waals surface area contributed by atoms with Crippen molar-refractivity contribution in [3.63, 3.8) is 0 Å². The first-order chi connectivity index (χ1) is 10.6. The minimum Gasteiger partial charge on any atom is -0.354 e. The molecule has 5 rings (SSSR count). The third-order valence-corrected chi connectivity index (χ3v) is 5.94. The van der Waals surface area contributed by atoms with E-state index in [2.05, 4.69) is 10.3 Å². The average Bonchev–Trinajstić information content (AvgIpc) is 2.47. The average molecular weight is 301 g/mol. The Morgan fingerprint density at radius 2 is 1.86 bits per heavy atom. The van der Waals surface area contributed by atoms with Crippen molar-refractivity contribution in [2.45, 2.75) is 45.1 Å². The molecule has 0 aliphatic heterocycles. The number of hydrogen-bond acceptors (Lipinski definition) is 3. The molecule has 4 aliphatic rings. The minimum atomic E-state index is -0.258. The van der Waals surface area contributed by atoms with Gasteiger partial charge in [0, 0.05) is 30.9 Å². The van der Waals surface area contributed by atoms with Gasteiger partial charge >= 0.3 is 5.69 Å². The van der Waals surface area contributed by atoms with Crippen LogP contribution in [0.2, 0.25) is 0 Å². The zero-order valence-electron chi connectivity index (χ0n) is 12.8. The topological polar surface area (TPSA) is 64.0 Å². The van der Waals surface area contributed by atoms with Crippen LogP contribution in [0.25, 0.3) is 0 Å². The summed E-state index contributed by atoms with van der Waals surface area (Å²) in [5.74, 6) is 2.55. The molecule has 22 heavy (non-hydrogen) atoms. The van der Waals surface area contributed by atoms with Crippen molar-refractivity contribution in [2.75, 3.05) is 6.54 Å². The van der Waals surface area contributed by atoms with Crippen molar-refractivity contribution in [1.29, 1.82) is 0 Å². The summed E-state index contributed by atoms with van der Waals surface area (Å²) in [6.07, 6.45) is 10.5. The van der Waals surface area contributed by atoms with Crippen LogP contribution in [-0.4, -0.2) is 22.0 Å². The molecule has 0 atom stereocenters. The molecule has 4 saturated carbocycles. The first kappa shape index (κ1) is 14.0. The number of carbonyl (C=O) groups is 1. The Bertz CT molecular complexity index is 602. The second kappa shape index (κ2) is 5.21. The summed E-state index contributed by atoms with van der Waals surface area (Å²) in [4.78, 5) is 28.0. The highest BCUT2D eigenvalue weighted by molar-refractivity contribution is 5.83. The lowest BCUT2D eigenvalue weighted by Gasteiger charge is -2.55. The van der Waals surface area contributed by atoms with Gasteiger partial charge < -0.3 is 5.32 Å². The van der Waals surface area contributed by atoms with Crippen LogP contribution in [0.1, 0.15) is 38.5 Å². The van der Waals surface area contributed by atoms with Gasteiger partial charge in [0.25, 0.3) is 0 Å².